The smallest absolute Gasteiger partial charge is 0.275 e. The lowest BCUT2D eigenvalue weighted by atomic mass is 9.91. The van der Waals surface area contributed by atoms with E-state index in [1.54, 1.807) is 16.2 Å². The van der Waals surface area contributed by atoms with Crippen LogP contribution >= 0.6 is 11.3 Å². The van der Waals surface area contributed by atoms with Crippen LogP contribution in [0.15, 0.2) is 41.8 Å². The number of nitrogens with zero attached hydrogens (tertiary/aromatic N) is 2. The number of amides is 2. The Balaban J connectivity index is 1.59. The average molecular weight is 422 g/mol. The Morgan fingerprint density at radius 3 is 2.60 bits per heavy atom. The monoisotopic (exact) mass is 421 g/mol. The largest absolute Gasteiger partial charge is 0.351 e. The first-order chi connectivity index (χ1) is 14.5. The van der Waals surface area contributed by atoms with Crippen molar-refractivity contribution >= 4 is 39.1 Å². The molecule has 2 amide bonds. The molecule has 0 bridgehead atoms. The summed E-state index contributed by atoms with van der Waals surface area (Å²) < 4.78 is 2.04. The Kier molecular flexibility index (Phi) is 4.69. The van der Waals surface area contributed by atoms with Crippen molar-refractivity contribution in [3.8, 4) is 0 Å². The van der Waals surface area contributed by atoms with Gasteiger partial charge in [0.05, 0.1) is 6.54 Å². The second-order valence-electron chi connectivity index (χ2n) is 8.86. The quantitative estimate of drug-likeness (QED) is 0.655. The summed E-state index contributed by atoms with van der Waals surface area (Å²) in [7, 11) is 0. The molecule has 0 spiro atoms. The van der Waals surface area contributed by atoms with E-state index in [1.807, 2.05) is 60.2 Å². The van der Waals surface area contributed by atoms with Crippen LogP contribution in [-0.2, 0) is 11.3 Å². The van der Waals surface area contributed by atoms with Crippen molar-refractivity contribution in [2.45, 2.75) is 64.1 Å². The molecular formula is C24H27N3O2S. The van der Waals surface area contributed by atoms with Gasteiger partial charge in [-0.15, -0.1) is 11.3 Å². The van der Waals surface area contributed by atoms with Crippen LogP contribution in [0.5, 0.6) is 0 Å². The Morgan fingerprint density at radius 1 is 1.13 bits per heavy atom. The molecule has 1 fully saturated rings. The van der Waals surface area contributed by atoms with Crippen molar-refractivity contribution in [1.82, 2.24) is 9.88 Å². The third kappa shape index (κ3) is 3.05. The Labute approximate surface area is 180 Å². The minimum absolute atomic E-state index is 0.0626. The van der Waals surface area contributed by atoms with Crippen LogP contribution in [0.4, 0.5) is 5.69 Å². The van der Waals surface area contributed by atoms with E-state index in [9.17, 15) is 9.59 Å². The normalized spacial score (nSPS) is 22.3. The number of nitrogens with one attached hydrogen (secondary N) is 1. The van der Waals surface area contributed by atoms with Crippen LogP contribution in [0, 0.1) is 6.92 Å². The molecule has 0 unspecified atom stereocenters. The van der Waals surface area contributed by atoms with Gasteiger partial charge in [-0.2, -0.15) is 0 Å². The molecule has 3 heterocycles. The first kappa shape index (κ1) is 19.4. The zero-order valence-electron chi connectivity index (χ0n) is 17.5. The molecule has 1 atom stereocenters. The zero-order chi connectivity index (χ0) is 20.9. The lowest BCUT2D eigenvalue weighted by molar-refractivity contribution is -0.127. The Bertz CT molecular complexity index is 1110. The van der Waals surface area contributed by atoms with E-state index in [0.29, 0.717) is 12.2 Å². The fraction of sp³-hybridized carbons (Fsp3) is 0.417. The summed E-state index contributed by atoms with van der Waals surface area (Å²) in [5.74, 6) is -0.179. The number of benzene rings is 1. The lowest BCUT2D eigenvalue weighted by Crippen LogP contribution is -2.65. The summed E-state index contributed by atoms with van der Waals surface area (Å²) in [6, 6.07) is 12.1. The highest BCUT2D eigenvalue weighted by molar-refractivity contribution is 7.16. The standard InChI is InChI=1S/C24H27N3O2S/c1-16-8-10-19(11-9-16)27-21(28)20-14-17-12-13-30-22(17)26(20)15-24(27,2)23(29)25-18-6-4-3-5-7-18/h8-14,18H,3-7,15H2,1-2H3,(H,25,29)/t24-/m0/s1. The number of rotatable bonds is 3. The summed E-state index contributed by atoms with van der Waals surface area (Å²) in [5.41, 5.74) is 1.55. The van der Waals surface area contributed by atoms with Crippen LogP contribution < -0.4 is 10.2 Å². The predicted molar refractivity (Wildman–Crippen MR) is 121 cm³/mol. The maximum absolute atomic E-state index is 13.7. The van der Waals surface area contributed by atoms with Crippen LogP contribution in [0.25, 0.3) is 10.2 Å². The van der Waals surface area contributed by atoms with Crippen LogP contribution in [-0.4, -0.2) is 28.0 Å². The molecule has 0 saturated heterocycles. The molecule has 1 aliphatic heterocycles. The summed E-state index contributed by atoms with van der Waals surface area (Å²) in [6.45, 7) is 4.38. The van der Waals surface area contributed by atoms with E-state index < -0.39 is 5.54 Å². The first-order valence-corrected chi connectivity index (χ1v) is 11.6. The molecule has 2 aliphatic rings. The van der Waals surface area contributed by atoms with Gasteiger partial charge >= 0.3 is 0 Å². The molecule has 1 aliphatic carbocycles. The Morgan fingerprint density at radius 2 is 1.87 bits per heavy atom. The van der Waals surface area contributed by atoms with Gasteiger partial charge in [-0.25, -0.2) is 0 Å². The number of aromatic nitrogens is 1. The van der Waals surface area contributed by atoms with Gasteiger partial charge in [0, 0.05) is 17.1 Å². The van der Waals surface area contributed by atoms with Crippen molar-refractivity contribution in [3.63, 3.8) is 0 Å². The molecule has 156 valence electrons. The fourth-order valence-corrected chi connectivity index (χ4v) is 5.78. The predicted octanol–water partition coefficient (Wildman–Crippen LogP) is 4.88. The second kappa shape index (κ2) is 7.27. The van der Waals surface area contributed by atoms with Gasteiger partial charge in [0.25, 0.3) is 5.91 Å². The van der Waals surface area contributed by atoms with Gasteiger partial charge in [-0.1, -0.05) is 37.0 Å². The van der Waals surface area contributed by atoms with E-state index in [0.717, 1.165) is 47.2 Å². The molecule has 5 nitrogen and oxygen atoms in total. The first-order valence-electron chi connectivity index (χ1n) is 10.8. The molecule has 5 rings (SSSR count). The van der Waals surface area contributed by atoms with Crippen molar-refractivity contribution in [1.29, 1.82) is 0 Å². The van der Waals surface area contributed by atoms with Gasteiger partial charge < -0.3 is 9.88 Å². The number of fused-ring (bicyclic) bond motifs is 3. The number of hydrogen-bond donors (Lipinski definition) is 1. The number of anilines is 1. The van der Waals surface area contributed by atoms with Gasteiger partial charge in [-0.3, -0.25) is 14.5 Å². The van der Waals surface area contributed by atoms with Gasteiger partial charge in [0.15, 0.2) is 0 Å². The molecule has 30 heavy (non-hydrogen) atoms. The molecule has 1 saturated carbocycles. The third-order valence-corrected chi connectivity index (χ3v) is 7.56. The molecule has 3 aromatic rings. The van der Waals surface area contributed by atoms with E-state index in [4.69, 9.17) is 0 Å². The van der Waals surface area contributed by atoms with Crippen molar-refractivity contribution < 1.29 is 9.59 Å². The minimum Gasteiger partial charge on any atom is -0.351 e. The molecule has 0 radical (unpaired) electrons. The highest BCUT2D eigenvalue weighted by Gasteiger charge is 2.49. The van der Waals surface area contributed by atoms with Gasteiger partial charge in [0.2, 0.25) is 5.91 Å². The van der Waals surface area contributed by atoms with E-state index in [2.05, 4.69) is 5.32 Å². The highest BCUT2D eigenvalue weighted by Crippen LogP contribution is 2.37. The summed E-state index contributed by atoms with van der Waals surface area (Å²) in [6.07, 6.45) is 5.58. The maximum Gasteiger partial charge on any atom is 0.275 e. The van der Waals surface area contributed by atoms with Gasteiger partial charge in [0.1, 0.15) is 16.1 Å². The zero-order valence-corrected chi connectivity index (χ0v) is 18.3. The highest BCUT2D eigenvalue weighted by atomic mass is 32.1. The maximum atomic E-state index is 13.7. The van der Waals surface area contributed by atoms with Crippen molar-refractivity contribution in [3.05, 3.63) is 53.0 Å². The minimum atomic E-state index is -0.993. The van der Waals surface area contributed by atoms with Crippen LogP contribution in [0.1, 0.15) is 55.1 Å². The summed E-state index contributed by atoms with van der Waals surface area (Å²) >= 11 is 1.62. The van der Waals surface area contributed by atoms with Crippen molar-refractivity contribution in [2.75, 3.05) is 4.90 Å². The molecule has 2 aromatic heterocycles. The SMILES string of the molecule is Cc1ccc(N2C(=O)c3cc4ccsc4n3C[C@@]2(C)C(=O)NC2CCCCC2)cc1. The number of aryl methyl sites for hydroxylation is 1. The molecule has 1 N–H and O–H groups in total. The topological polar surface area (TPSA) is 54.3 Å². The molecular weight excluding hydrogens is 394 g/mol. The summed E-state index contributed by atoms with van der Waals surface area (Å²) in [4.78, 5) is 30.2. The van der Waals surface area contributed by atoms with Crippen molar-refractivity contribution in [2.24, 2.45) is 0 Å². The molecule has 6 heteroatoms. The van der Waals surface area contributed by atoms with E-state index in [-0.39, 0.29) is 17.9 Å². The average Bonchev–Trinajstić information content (AvgIpc) is 3.33. The summed E-state index contributed by atoms with van der Waals surface area (Å²) in [5, 5.41) is 6.38. The number of thiophene rings is 1. The number of carbonyl (C=O) groups excluding carboxylic acids is 2. The van der Waals surface area contributed by atoms with Gasteiger partial charge in [-0.05, 0) is 56.3 Å². The Hall–Kier alpha value is -2.60. The van der Waals surface area contributed by atoms with Crippen LogP contribution in [0.3, 0.4) is 0 Å². The lowest BCUT2D eigenvalue weighted by Gasteiger charge is -2.44. The van der Waals surface area contributed by atoms with E-state index >= 15 is 0 Å². The van der Waals surface area contributed by atoms with Crippen LogP contribution in [0.2, 0.25) is 0 Å². The number of carbonyl (C=O) groups is 2. The fourth-order valence-electron chi connectivity index (χ4n) is 4.88. The molecule has 1 aromatic carbocycles. The second-order valence-corrected chi connectivity index (χ2v) is 9.75. The third-order valence-electron chi connectivity index (χ3n) is 6.61. The van der Waals surface area contributed by atoms with E-state index in [1.165, 1.54) is 6.42 Å². The number of hydrogen-bond acceptors (Lipinski definition) is 3.